The predicted octanol–water partition coefficient (Wildman–Crippen LogP) is 4.23. The SMILES string of the molecule is CCCNCC1(CN2CCc3sccc3C2C)CCCC1. The van der Waals surface area contributed by atoms with Crippen LogP contribution in [0.1, 0.15) is 62.4 Å². The summed E-state index contributed by atoms with van der Waals surface area (Å²) < 4.78 is 0. The van der Waals surface area contributed by atoms with Crippen LogP contribution in [0.2, 0.25) is 0 Å². The van der Waals surface area contributed by atoms with Crippen molar-refractivity contribution in [3.05, 3.63) is 21.9 Å². The van der Waals surface area contributed by atoms with Crippen LogP contribution in [0, 0.1) is 5.41 Å². The van der Waals surface area contributed by atoms with Gasteiger partial charge in [-0.1, -0.05) is 19.8 Å². The van der Waals surface area contributed by atoms with E-state index < -0.39 is 0 Å². The molecule has 0 radical (unpaired) electrons. The fourth-order valence-electron chi connectivity index (χ4n) is 4.25. The van der Waals surface area contributed by atoms with Gasteiger partial charge in [-0.2, -0.15) is 0 Å². The van der Waals surface area contributed by atoms with E-state index in [9.17, 15) is 0 Å². The predicted molar refractivity (Wildman–Crippen MR) is 92.1 cm³/mol. The van der Waals surface area contributed by atoms with Crippen molar-refractivity contribution in [3.8, 4) is 0 Å². The molecule has 1 aromatic heterocycles. The minimum atomic E-state index is 0.539. The molecule has 1 aromatic rings. The van der Waals surface area contributed by atoms with Crippen molar-refractivity contribution in [2.75, 3.05) is 26.2 Å². The number of thiophene rings is 1. The van der Waals surface area contributed by atoms with Gasteiger partial charge in [-0.3, -0.25) is 4.90 Å². The van der Waals surface area contributed by atoms with Crippen molar-refractivity contribution in [2.24, 2.45) is 5.41 Å². The van der Waals surface area contributed by atoms with Crippen molar-refractivity contribution in [1.29, 1.82) is 0 Å². The van der Waals surface area contributed by atoms with E-state index in [1.807, 2.05) is 11.3 Å². The fourth-order valence-corrected chi connectivity index (χ4v) is 5.22. The van der Waals surface area contributed by atoms with Crippen molar-refractivity contribution in [2.45, 2.75) is 58.4 Å². The molecule has 1 atom stereocenters. The van der Waals surface area contributed by atoms with Crippen LogP contribution in [0.25, 0.3) is 0 Å². The van der Waals surface area contributed by atoms with Crippen LogP contribution in [0.15, 0.2) is 11.4 Å². The zero-order valence-electron chi connectivity index (χ0n) is 13.7. The van der Waals surface area contributed by atoms with E-state index >= 15 is 0 Å². The molecule has 0 saturated heterocycles. The summed E-state index contributed by atoms with van der Waals surface area (Å²) >= 11 is 1.95. The lowest BCUT2D eigenvalue weighted by Crippen LogP contribution is -2.45. The van der Waals surface area contributed by atoms with Crippen LogP contribution in [0.4, 0.5) is 0 Å². The quantitative estimate of drug-likeness (QED) is 0.791. The summed E-state index contributed by atoms with van der Waals surface area (Å²) in [4.78, 5) is 4.39. The number of hydrogen-bond acceptors (Lipinski definition) is 3. The molecule has 1 N–H and O–H groups in total. The Hall–Kier alpha value is -0.380. The third kappa shape index (κ3) is 3.35. The molecular weight excluding hydrogens is 276 g/mol. The van der Waals surface area contributed by atoms with Gasteiger partial charge in [0.2, 0.25) is 0 Å². The third-order valence-electron chi connectivity index (χ3n) is 5.53. The summed E-state index contributed by atoms with van der Waals surface area (Å²) in [6, 6.07) is 2.97. The van der Waals surface area contributed by atoms with Gasteiger partial charge < -0.3 is 5.32 Å². The molecule has 118 valence electrons. The van der Waals surface area contributed by atoms with E-state index in [4.69, 9.17) is 0 Å². The highest BCUT2D eigenvalue weighted by atomic mass is 32.1. The summed E-state index contributed by atoms with van der Waals surface area (Å²) in [7, 11) is 0. The molecule has 3 rings (SSSR count). The molecule has 1 aliphatic carbocycles. The second-order valence-electron chi connectivity index (χ2n) is 7.08. The zero-order chi connectivity index (χ0) is 14.7. The molecule has 2 heterocycles. The number of rotatable bonds is 6. The minimum Gasteiger partial charge on any atom is -0.316 e. The Morgan fingerprint density at radius 1 is 1.38 bits per heavy atom. The number of nitrogens with zero attached hydrogens (tertiary/aromatic N) is 1. The molecule has 0 amide bonds. The van der Waals surface area contributed by atoms with Crippen LogP contribution < -0.4 is 5.32 Å². The van der Waals surface area contributed by atoms with E-state index in [2.05, 4.69) is 35.5 Å². The van der Waals surface area contributed by atoms with Crippen molar-refractivity contribution >= 4 is 11.3 Å². The van der Waals surface area contributed by atoms with Gasteiger partial charge >= 0.3 is 0 Å². The molecule has 0 bridgehead atoms. The van der Waals surface area contributed by atoms with E-state index in [0.29, 0.717) is 11.5 Å². The molecule has 0 aromatic carbocycles. The molecule has 3 heteroatoms. The lowest BCUT2D eigenvalue weighted by atomic mass is 9.84. The maximum atomic E-state index is 3.71. The second kappa shape index (κ2) is 6.80. The first-order valence-corrected chi connectivity index (χ1v) is 9.63. The molecule has 1 aliphatic heterocycles. The Kier molecular flexibility index (Phi) is 5.03. The van der Waals surface area contributed by atoms with Crippen LogP contribution in [-0.2, 0) is 6.42 Å². The summed E-state index contributed by atoms with van der Waals surface area (Å²) in [5, 5.41) is 5.99. The maximum Gasteiger partial charge on any atom is 0.0331 e. The van der Waals surface area contributed by atoms with Gasteiger partial charge in [-0.15, -0.1) is 11.3 Å². The van der Waals surface area contributed by atoms with Crippen molar-refractivity contribution < 1.29 is 0 Å². The molecule has 1 saturated carbocycles. The average Bonchev–Trinajstić information content (AvgIpc) is 3.12. The van der Waals surface area contributed by atoms with E-state index in [0.717, 1.165) is 0 Å². The first kappa shape index (κ1) is 15.5. The lowest BCUT2D eigenvalue weighted by Gasteiger charge is -2.41. The first-order chi connectivity index (χ1) is 10.2. The smallest absolute Gasteiger partial charge is 0.0331 e. The van der Waals surface area contributed by atoms with Crippen LogP contribution in [0.5, 0.6) is 0 Å². The number of fused-ring (bicyclic) bond motifs is 1. The largest absolute Gasteiger partial charge is 0.316 e. The molecule has 1 fully saturated rings. The highest BCUT2D eigenvalue weighted by molar-refractivity contribution is 7.10. The van der Waals surface area contributed by atoms with Gasteiger partial charge in [0.1, 0.15) is 0 Å². The fraction of sp³-hybridized carbons (Fsp3) is 0.778. The average molecular weight is 307 g/mol. The molecule has 2 aliphatic rings. The molecular formula is C18H30N2S. The summed E-state index contributed by atoms with van der Waals surface area (Å²) in [5.74, 6) is 0. The Labute approximate surface area is 133 Å². The maximum absolute atomic E-state index is 3.71. The summed E-state index contributed by atoms with van der Waals surface area (Å²) in [5.41, 5.74) is 2.14. The summed E-state index contributed by atoms with van der Waals surface area (Å²) in [6.45, 7) is 9.61. The van der Waals surface area contributed by atoms with Crippen LogP contribution in [0.3, 0.4) is 0 Å². The van der Waals surface area contributed by atoms with Crippen molar-refractivity contribution in [1.82, 2.24) is 10.2 Å². The normalized spacial score (nSPS) is 25.1. The van der Waals surface area contributed by atoms with Gasteiger partial charge in [0.05, 0.1) is 0 Å². The highest BCUT2D eigenvalue weighted by Gasteiger charge is 2.37. The minimum absolute atomic E-state index is 0.539. The first-order valence-electron chi connectivity index (χ1n) is 8.75. The van der Waals surface area contributed by atoms with Gasteiger partial charge in [0, 0.05) is 30.6 Å². The molecule has 1 unspecified atom stereocenters. The van der Waals surface area contributed by atoms with Gasteiger partial charge in [-0.05, 0) is 61.6 Å². The monoisotopic (exact) mass is 306 g/mol. The Balaban J connectivity index is 1.66. The van der Waals surface area contributed by atoms with Gasteiger partial charge in [0.15, 0.2) is 0 Å². The van der Waals surface area contributed by atoms with Gasteiger partial charge in [-0.25, -0.2) is 0 Å². The Bertz CT molecular complexity index is 448. The van der Waals surface area contributed by atoms with Crippen LogP contribution >= 0.6 is 11.3 Å². The Morgan fingerprint density at radius 3 is 2.95 bits per heavy atom. The molecule has 0 spiro atoms. The standard InChI is InChI=1S/C18H30N2S/c1-3-10-19-13-18(8-4-5-9-18)14-20-11-6-17-16(15(20)2)7-12-21-17/h7,12,15,19H,3-6,8-11,13-14H2,1-2H3. The van der Waals surface area contributed by atoms with E-state index in [1.165, 1.54) is 64.7 Å². The van der Waals surface area contributed by atoms with Crippen molar-refractivity contribution in [3.63, 3.8) is 0 Å². The lowest BCUT2D eigenvalue weighted by molar-refractivity contribution is 0.109. The number of hydrogen-bond donors (Lipinski definition) is 1. The second-order valence-corrected chi connectivity index (χ2v) is 8.08. The highest BCUT2D eigenvalue weighted by Crippen LogP contribution is 2.41. The topological polar surface area (TPSA) is 15.3 Å². The third-order valence-corrected chi connectivity index (χ3v) is 6.53. The zero-order valence-corrected chi connectivity index (χ0v) is 14.5. The van der Waals surface area contributed by atoms with Crippen LogP contribution in [-0.4, -0.2) is 31.1 Å². The molecule has 2 nitrogen and oxygen atoms in total. The van der Waals surface area contributed by atoms with E-state index in [1.54, 1.807) is 10.4 Å². The Morgan fingerprint density at radius 2 is 2.19 bits per heavy atom. The van der Waals surface area contributed by atoms with E-state index in [-0.39, 0.29) is 0 Å². The summed E-state index contributed by atoms with van der Waals surface area (Å²) in [6.07, 6.45) is 8.20. The number of nitrogens with one attached hydrogen (secondary N) is 1. The molecule has 21 heavy (non-hydrogen) atoms. The van der Waals surface area contributed by atoms with Gasteiger partial charge in [0.25, 0.3) is 0 Å².